The van der Waals surface area contributed by atoms with Crippen molar-refractivity contribution in [3.05, 3.63) is 29.6 Å². The zero-order valence-corrected chi connectivity index (χ0v) is 13.2. The van der Waals surface area contributed by atoms with Gasteiger partial charge in [-0.2, -0.15) is 13.2 Å². The van der Waals surface area contributed by atoms with Gasteiger partial charge < -0.3 is 14.9 Å². The van der Waals surface area contributed by atoms with Crippen molar-refractivity contribution >= 4 is 5.97 Å². The molecule has 134 valence electrons. The maximum atomic E-state index is 13.9. The van der Waals surface area contributed by atoms with Crippen LogP contribution in [0.1, 0.15) is 31.7 Å². The molecule has 1 aromatic rings. The Morgan fingerprint density at radius 2 is 1.96 bits per heavy atom. The van der Waals surface area contributed by atoms with Crippen LogP contribution in [0.5, 0.6) is 5.75 Å². The number of carboxylic acid groups (broad SMARTS) is 1. The number of benzene rings is 1. The summed E-state index contributed by atoms with van der Waals surface area (Å²) >= 11 is 0. The van der Waals surface area contributed by atoms with E-state index in [-0.39, 0.29) is 30.6 Å². The topological polar surface area (TPSA) is 66.8 Å². The van der Waals surface area contributed by atoms with E-state index < -0.39 is 34.9 Å². The number of halogens is 4. The van der Waals surface area contributed by atoms with E-state index in [1.54, 1.807) is 0 Å². The smallest absolute Gasteiger partial charge is 0.428 e. The maximum Gasteiger partial charge on any atom is 0.428 e. The van der Waals surface area contributed by atoms with Gasteiger partial charge in [-0.1, -0.05) is 19.1 Å². The summed E-state index contributed by atoms with van der Waals surface area (Å²) in [6.07, 6.45) is -5.20. The molecule has 0 saturated heterocycles. The monoisotopic (exact) mass is 350 g/mol. The van der Waals surface area contributed by atoms with Crippen LogP contribution >= 0.6 is 0 Å². The van der Waals surface area contributed by atoms with E-state index in [0.717, 1.165) is 6.07 Å². The molecular formula is C16H18F4O4. The third-order valence-corrected chi connectivity index (χ3v) is 4.83. The molecule has 2 rings (SSSR count). The Balaban J connectivity index is 2.63. The van der Waals surface area contributed by atoms with Crippen LogP contribution in [0.25, 0.3) is 0 Å². The molecule has 0 aromatic heterocycles. The first-order valence-electron chi connectivity index (χ1n) is 7.41. The van der Waals surface area contributed by atoms with Gasteiger partial charge in [-0.3, -0.25) is 0 Å². The molecule has 0 radical (unpaired) electrons. The van der Waals surface area contributed by atoms with Gasteiger partial charge in [0.05, 0.1) is 7.11 Å². The summed E-state index contributed by atoms with van der Waals surface area (Å²) < 4.78 is 59.1. The van der Waals surface area contributed by atoms with E-state index in [0.29, 0.717) is 0 Å². The van der Waals surface area contributed by atoms with Gasteiger partial charge in [0.1, 0.15) is 0 Å². The molecule has 1 aliphatic rings. The Bertz CT molecular complexity index is 639. The van der Waals surface area contributed by atoms with Crippen molar-refractivity contribution in [3.8, 4) is 5.75 Å². The zero-order valence-electron chi connectivity index (χ0n) is 13.2. The largest absolute Gasteiger partial charge is 0.493 e. The number of aliphatic hydroxyl groups is 1. The molecule has 0 amide bonds. The van der Waals surface area contributed by atoms with E-state index in [1.165, 1.54) is 26.2 Å². The lowest BCUT2D eigenvalue weighted by atomic mass is 9.70. The summed E-state index contributed by atoms with van der Waals surface area (Å²) in [6.45, 7) is 1.37. The molecule has 8 heteroatoms. The first-order chi connectivity index (χ1) is 11.1. The summed E-state index contributed by atoms with van der Waals surface area (Å²) in [5.41, 5.74) is -5.07. The SMILES string of the molecule is CCC(C1(c2cccc(F)c2OC)CC1)C(O)(C(=O)O)C(F)(F)F. The van der Waals surface area contributed by atoms with Crippen molar-refractivity contribution in [1.29, 1.82) is 0 Å². The number of ether oxygens (including phenoxy) is 1. The van der Waals surface area contributed by atoms with E-state index >= 15 is 0 Å². The highest BCUT2D eigenvalue weighted by Gasteiger charge is 2.71. The zero-order chi connectivity index (χ0) is 18.3. The minimum atomic E-state index is -5.37. The molecule has 0 aliphatic heterocycles. The Kier molecular flexibility index (Phi) is 4.56. The first kappa shape index (κ1) is 18.5. The average Bonchev–Trinajstić information content (AvgIpc) is 3.27. The molecule has 4 nitrogen and oxygen atoms in total. The van der Waals surface area contributed by atoms with Crippen LogP contribution in [0.3, 0.4) is 0 Å². The van der Waals surface area contributed by atoms with Gasteiger partial charge in [0, 0.05) is 16.9 Å². The number of carboxylic acids is 1. The number of aliphatic carboxylic acids is 1. The minimum Gasteiger partial charge on any atom is -0.493 e. The molecule has 0 bridgehead atoms. The van der Waals surface area contributed by atoms with E-state index in [1.807, 2.05) is 0 Å². The average molecular weight is 350 g/mol. The fourth-order valence-corrected chi connectivity index (χ4v) is 3.60. The Morgan fingerprint density at radius 3 is 2.33 bits per heavy atom. The molecule has 2 unspecified atom stereocenters. The quantitative estimate of drug-likeness (QED) is 0.773. The predicted molar refractivity (Wildman–Crippen MR) is 76.3 cm³/mol. The molecule has 1 fully saturated rings. The fourth-order valence-electron chi connectivity index (χ4n) is 3.60. The normalized spacial score (nSPS) is 20.1. The van der Waals surface area contributed by atoms with Crippen LogP contribution in [0.2, 0.25) is 0 Å². The van der Waals surface area contributed by atoms with Crippen molar-refractivity contribution in [2.75, 3.05) is 7.11 Å². The molecule has 2 atom stereocenters. The summed E-state index contributed by atoms with van der Waals surface area (Å²) in [7, 11) is 1.19. The van der Waals surface area contributed by atoms with Crippen molar-refractivity contribution < 1.29 is 37.3 Å². The number of hydrogen-bond acceptors (Lipinski definition) is 3. The lowest BCUT2D eigenvalue weighted by Crippen LogP contribution is -2.60. The lowest BCUT2D eigenvalue weighted by Gasteiger charge is -2.39. The number of carbonyl (C=O) groups is 1. The van der Waals surface area contributed by atoms with Crippen LogP contribution < -0.4 is 4.74 Å². The number of hydrogen-bond donors (Lipinski definition) is 2. The third-order valence-electron chi connectivity index (χ3n) is 4.83. The molecule has 1 aliphatic carbocycles. The second kappa shape index (κ2) is 5.91. The molecular weight excluding hydrogens is 332 g/mol. The van der Waals surface area contributed by atoms with Crippen molar-refractivity contribution in [3.63, 3.8) is 0 Å². The van der Waals surface area contributed by atoms with E-state index in [4.69, 9.17) is 9.84 Å². The first-order valence-corrected chi connectivity index (χ1v) is 7.41. The molecule has 0 spiro atoms. The molecule has 0 heterocycles. The summed E-state index contributed by atoms with van der Waals surface area (Å²) in [5.74, 6) is -4.99. The second-order valence-corrected chi connectivity index (χ2v) is 6.01. The Hall–Kier alpha value is -1.83. The van der Waals surface area contributed by atoms with Crippen LogP contribution in [0, 0.1) is 11.7 Å². The van der Waals surface area contributed by atoms with Gasteiger partial charge >= 0.3 is 12.1 Å². The standard InChI is InChI=1S/C16H18F4O4/c1-3-11(15(23,13(21)22)16(18,19)20)14(7-8-14)9-5-4-6-10(17)12(9)24-2/h4-6,11,23H,3,7-8H2,1-2H3,(H,21,22). The minimum absolute atomic E-state index is 0.153. The third kappa shape index (κ3) is 2.53. The molecule has 1 saturated carbocycles. The number of alkyl halides is 3. The highest BCUT2D eigenvalue weighted by Crippen LogP contribution is 2.62. The maximum absolute atomic E-state index is 13.9. The van der Waals surface area contributed by atoms with Crippen LogP contribution in [-0.2, 0) is 10.2 Å². The summed E-state index contributed by atoms with van der Waals surface area (Å²) in [4.78, 5) is 11.3. The number of methoxy groups -OCH3 is 1. The highest BCUT2D eigenvalue weighted by atomic mass is 19.4. The number of rotatable bonds is 6. The van der Waals surface area contributed by atoms with Crippen molar-refractivity contribution in [2.45, 2.75) is 43.4 Å². The fraction of sp³-hybridized carbons (Fsp3) is 0.562. The van der Waals surface area contributed by atoms with Gasteiger partial charge in [-0.05, 0) is 25.3 Å². The lowest BCUT2D eigenvalue weighted by molar-refractivity contribution is -0.280. The van der Waals surface area contributed by atoms with Crippen LogP contribution in [0.15, 0.2) is 18.2 Å². The number of para-hydroxylation sites is 1. The van der Waals surface area contributed by atoms with Gasteiger partial charge in [0.25, 0.3) is 5.60 Å². The van der Waals surface area contributed by atoms with Crippen molar-refractivity contribution in [1.82, 2.24) is 0 Å². The van der Waals surface area contributed by atoms with Gasteiger partial charge in [-0.25, -0.2) is 9.18 Å². The molecule has 1 aromatic carbocycles. The second-order valence-electron chi connectivity index (χ2n) is 6.01. The van der Waals surface area contributed by atoms with Crippen LogP contribution in [0.4, 0.5) is 17.6 Å². The van der Waals surface area contributed by atoms with E-state index in [2.05, 4.69) is 0 Å². The molecule has 2 N–H and O–H groups in total. The predicted octanol–water partition coefficient (Wildman–Crippen LogP) is 3.27. The summed E-state index contributed by atoms with van der Waals surface area (Å²) in [5, 5.41) is 19.2. The van der Waals surface area contributed by atoms with Gasteiger partial charge in [-0.15, -0.1) is 0 Å². The molecule has 24 heavy (non-hydrogen) atoms. The van der Waals surface area contributed by atoms with Crippen LogP contribution in [-0.4, -0.2) is 35.1 Å². The van der Waals surface area contributed by atoms with Crippen molar-refractivity contribution in [2.24, 2.45) is 5.92 Å². The van der Waals surface area contributed by atoms with Gasteiger partial charge in [0.2, 0.25) is 0 Å². The Labute approximate surface area is 136 Å². The highest BCUT2D eigenvalue weighted by molar-refractivity contribution is 5.79. The van der Waals surface area contributed by atoms with E-state index in [9.17, 15) is 27.5 Å². The summed E-state index contributed by atoms with van der Waals surface area (Å²) in [6, 6.07) is 3.84. The Morgan fingerprint density at radius 1 is 1.38 bits per heavy atom. The van der Waals surface area contributed by atoms with Gasteiger partial charge in [0.15, 0.2) is 11.6 Å².